The summed E-state index contributed by atoms with van der Waals surface area (Å²) in [5.74, 6) is -0.614. The van der Waals surface area contributed by atoms with Crippen molar-refractivity contribution >= 4 is 38.3 Å². The number of anilines is 1. The summed E-state index contributed by atoms with van der Waals surface area (Å²) in [6, 6.07) is 12.6. The maximum Gasteiger partial charge on any atom is 0.281 e. The van der Waals surface area contributed by atoms with E-state index in [1.807, 2.05) is 19.1 Å². The molecule has 0 aliphatic rings. The molecule has 4 rings (SSSR count). The van der Waals surface area contributed by atoms with Gasteiger partial charge in [0.2, 0.25) is 0 Å². The van der Waals surface area contributed by atoms with Crippen molar-refractivity contribution in [3.8, 4) is 11.4 Å². The molecule has 31 heavy (non-hydrogen) atoms. The lowest BCUT2D eigenvalue weighted by Crippen LogP contribution is -2.26. The smallest absolute Gasteiger partial charge is 0.281 e. The van der Waals surface area contributed by atoms with Crippen LogP contribution in [-0.4, -0.2) is 32.7 Å². The number of hydrogen-bond donors (Lipinski definition) is 1. The minimum absolute atomic E-state index is 0.0177. The standard InChI is InChI=1S/C20H15N5O5S/c1-11-5-3-4-6-14(11)24-17(26)10-15(30-2)18(23-24)19(27)22-20-21-13-8-7-12(25(28)29)9-16(13)31-20/h3-10H,1-2H3,(H,21,22,27). The van der Waals surface area contributed by atoms with Gasteiger partial charge in [-0.2, -0.15) is 9.78 Å². The molecule has 0 atom stereocenters. The number of fused-ring (bicyclic) bond motifs is 1. The first-order valence-electron chi connectivity index (χ1n) is 8.98. The van der Waals surface area contributed by atoms with Gasteiger partial charge in [0.15, 0.2) is 16.6 Å². The molecule has 156 valence electrons. The van der Waals surface area contributed by atoms with E-state index in [2.05, 4.69) is 15.4 Å². The minimum Gasteiger partial charge on any atom is -0.494 e. The molecule has 4 aromatic rings. The van der Waals surface area contributed by atoms with Gasteiger partial charge in [0.05, 0.1) is 34.0 Å². The van der Waals surface area contributed by atoms with Gasteiger partial charge in [-0.25, -0.2) is 4.98 Å². The Balaban J connectivity index is 1.72. The third-order valence-electron chi connectivity index (χ3n) is 4.48. The van der Waals surface area contributed by atoms with Crippen molar-refractivity contribution in [2.75, 3.05) is 12.4 Å². The normalized spacial score (nSPS) is 10.8. The molecule has 0 unspecified atom stereocenters. The Morgan fingerprint density at radius 2 is 2.00 bits per heavy atom. The highest BCUT2D eigenvalue weighted by Gasteiger charge is 2.20. The lowest BCUT2D eigenvalue weighted by atomic mass is 10.2. The van der Waals surface area contributed by atoms with Gasteiger partial charge in [-0.15, -0.1) is 0 Å². The third kappa shape index (κ3) is 3.85. The number of amides is 1. The van der Waals surface area contributed by atoms with Crippen molar-refractivity contribution in [2.45, 2.75) is 6.92 Å². The summed E-state index contributed by atoms with van der Waals surface area (Å²) in [7, 11) is 1.34. The van der Waals surface area contributed by atoms with Crippen LogP contribution in [-0.2, 0) is 0 Å². The van der Waals surface area contributed by atoms with Crippen molar-refractivity contribution in [2.24, 2.45) is 0 Å². The molecule has 11 heteroatoms. The maximum absolute atomic E-state index is 12.9. The molecule has 2 heterocycles. The van der Waals surface area contributed by atoms with Gasteiger partial charge < -0.3 is 4.74 Å². The molecule has 0 fully saturated rings. The van der Waals surface area contributed by atoms with Crippen LogP contribution in [0.4, 0.5) is 10.8 Å². The number of nitro benzene ring substituents is 1. The summed E-state index contributed by atoms with van der Waals surface area (Å²) in [5.41, 5.74) is 1.24. The van der Waals surface area contributed by atoms with Crippen molar-refractivity contribution in [3.63, 3.8) is 0 Å². The van der Waals surface area contributed by atoms with Crippen LogP contribution in [0.1, 0.15) is 16.1 Å². The van der Waals surface area contributed by atoms with Crippen molar-refractivity contribution in [1.29, 1.82) is 0 Å². The number of methoxy groups -OCH3 is 1. The zero-order valence-electron chi connectivity index (χ0n) is 16.4. The number of hydrogen-bond acceptors (Lipinski definition) is 8. The number of carbonyl (C=O) groups is 1. The van der Waals surface area contributed by atoms with E-state index >= 15 is 0 Å². The Bertz CT molecular complexity index is 1390. The highest BCUT2D eigenvalue weighted by Crippen LogP contribution is 2.29. The van der Waals surface area contributed by atoms with Crippen LogP contribution in [0.15, 0.2) is 53.3 Å². The number of non-ortho nitro benzene ring substituents is 1. The molecule has 0 bridgehead atoms. The number of thiazole rings is 1. The quantitative estimate of drug-likeness (QED) is 0.374. The maximum atomic E-state index is 12.9. The van der Waals surface area contributed by atoms with Crippen LogP contribution in [0.3, 0.4) is 0 Å². The van der Waals surface area contributed by atoms with E-state index in [9.17, 15) is 19.7 Å². The predicted molar refractivity (Wildman–Crippen MR) is 115 cm³/mol. The fraction of sp³-hybridized carbons (Fsp3) is 0.100. The van der Waals surface area contributed by atoms with E-state index in [1.165, 1.54) is 31.4 Å². The molecule has 0 aliphatic carbocycles. The lowest BCUT2D eigenvalue weighted by molar-refractivity contribution is -0.384. The molecule has 0 saturated carbocycles. The topological polar surface area (TPSA) is 129 Å². The average molecular weight is 437 g/mol. The summed E-state index contributed by atoms with van der Waals surface area (Å²) in [4.78, 5) is 40.2. The van der Waals surface area contributed by atoms with Crippen LogP contribution in [0, 0.1) is 17.0 Å². The highest BCUT2D eigenvalue weighted by molar-refractivity contribution is 7.22. The summed E-state index contributed by atoms with van der Waals surface area (Å²) in [6.45, 7) is 1.83. The number of ether oxygens (including phenoxy) is 1. The van der Waals surface area contributed by atoms with Crippen molar-refractivity contribution < 1.29 is 14.5 Å². The number of para-hydroxylation sites is 1. The fourth-order valence-electron chi connectivity index (χ4n) is 2.96. The molecule has 1 N–H and O–H groups in total. The highest BCUT2D eigenvalue weighted by atomic mass is 32.1. The Labute approximate surface area is 178 Å². The van der Waals surface area contributed by atoms with E-state index in [0.29, 0.717) is 15.9 Å². The molecule has 1 amide bonds. The Kier molecular flexibility index (Phi) is 5.17. The van der Waals surface area contributed by atoms with Crippen LogP contribution < -0.4 is 15.6 Å². The molecule has 0 radical (unpaired) electrons. The summed E-state index contributed by atoms with van der Waals surface area (Å²) < 4.78 is 6.86. The Hall–Kier alpha value is -4.12. The van der Waals surface area contributed by atoms with E-state index in [0.717, 1.165) is 21.6 Å². The molecule has 2 aromatic carbocycles. The van der Waals surface area contributed by atoms with E-state index < -0.39 is 16.4 Å². The van der Waals surface area contributed by atoms with E-state index in [4.69, 9.17) is 4.74 Å². The molecule has 0 aliphatic heterocycles. The first-order chi connectivity index (χ1) is 14.9. The van der Waals surface area contributed by atoms with Gasteiger partial charge in [0.25, 0.3) is 17.2 Å². The molecule has 2 aromatic heterocycles. The van der Waals surface area contributed by atoms with Gasteiger partial charge in [0, 0.05) is 12.1 Å². The number of nitrogens with one attached hydrogen (secondary N) is 1. The van der Waals surface area contributed by atoms with Crippen molar-refractivity contribution in [1.82, 2.24) is 14.8 Å². The summed E-state index contributed by atoms with van der Waals surface area (Å²) in [5, 5.41) is 18.0. The predicted octanol–water partition coefficient (Wildman–Crippen LogP) is 3.32. The summed E-state index contributed by atoms with van der Waals surface area (Å²) >= 11 is 1.09. The average Bonchev–Trinajstić information content (AvgIpc) is 3.15. The number of aromatic nitrogens is 3. The van der Waals surface area contributed by atoms with E-state index in [-0.39, 0.29) is 22.3 Å². The van der Waals surface area contributed by atoms with Gasteiger partial charge in [-0.3, -0.25) is 25.0 Å². The monoisotopic (exact) mass is 437 g/mol. The molecule has 0 spiro atoms. The number of aryl methyl sites for hydroxylation is 1. The minimum atomic E-state index is -0.632. The Morgan fingerprint density at radius 1 is 1.23 bits per heavy atom. The first kappa shape index (κ1) is 20.2. The number of carbonyl (C=O) groups excluding carboxylic acids is 1. The van der Waals surface area contributed by atoms with Gasteiger partial charge >= 0.3 is 0 Å². The zero-order valence-corrected chi connectivity index (χ0v) is 17.2. The van der Waals surface area contributed by atoms with Gasteiger partial charge in [0.1, 0.15) is 0 Å². The van der Waals surface area contributed by atoms with Crippen LogP contribution >= 0.6 is 11.3 Å². The van der Waals surface area contributed by atoms with E-state index in [1.54, 1.807) is 12.1 Å². The largest absolute Gasteiger partial charge is 0.494 e. The second kappa shape index (κ2) is 7.95. The van der Waals surface area contributed by atoms with Gasteiger partial charge in [-0.1, -0.05) is 29.5 Å². The Morgan fingerprint density at radius 3 is 2.71 bits per heavy atom. The summed E-state index contributed by atoms with van der Waals surface area (Å²) in [6.07, 6.45) is 0. The SMILES string of the molecule is COc1cc(=O)n(-c2ccccc2C)nc1C(=O)Nc1nc2ccc([N+](=O)[O-])cc2s1. The molecular formula is C20H15N5O5S. The molecular weight excluding hydrogens is 422 g/mol. The number of nitro groups is 1. The fourth-order valence-corrected chi connectivity index (χ4v) is 3.86. The van der Waals surface area contributed by atoms with Crippen LogP contribution in [0.25, 0.3) is 15.9 Å². The second-order valence-corrected chi connectivity index (χ2v) is 7.51. The van der Waals surface area contributed by atoms with Crippen LogP contribution in [0.2, 0.25) is 0 Å². The number of benzene rings is 2. The number of nitrogens with zero attached hydrogens (tertiary/aromatic N) is 4. The third-order valence-corrected chi connectivity index (χ3v) is 5.41. The van der Waals surface area contributed by atoms with Crippen LogP contribution in [0.5, 0.6) is 5.75 Å². The lowest BCUT2D eigenvalue weighted by Gasteiger charge is -2.12. The zero-order chi connectivity index (χ0) is 22.1. The molecule has 0 saturated heterocycles. The molecule has 10 nitrogen and oxygen atoms in total. The second-order valence-electron chi connectivity index (χ2n) is 6.48. The van der Waals surface area contributed by atoms with Gasteiger partial charge in [-0.05, 0) is 24.6 Å². The number of rotatable bonds is 5. The van der Waals surface area contributed by atoms with Crippen molar-refractivity contribution in [3.05, 3.63) is 80.3 Å². The first-order valence-corrected chi connectivity index (χ1v) is 9.79.